The fourth-order valence-electron chi connectivity index (χ4n) is 3.01. The van der Waals surface area contributed by atoms with Gasteiger partial charge in [0.05, 0.1) is 36.1 Å². The molecule has 0 spiro atoms. The number of hydrogen-bond acceptors (Lipinski definition) is 8. The maximum absolute atomic E-state index is 11.5. The van der Waals surface area contributed by atoms with Crippen molar-refractivity contribution < 1.29 is 23.7 Å². The van der Waals surface area contributed by atoms with Crippen molar-refractivity contribution >= 4 is 28.5 Å². The highest BCUT2D eigenvalue weighted by Crippen LogP contribution is 2.36. The topological polar surface area (TPSA) is 106 Å². The summed E-state index contributed by atoms with van der Waals surface area (Å²) in [4.78, 5) is 19.3. The molecule has 3 rings (SSSR count). The number of fused-ring (bicyclic) bond motifs is 1. The number of aromatic nitrogens is 2. The third kappa shape index (κ3) is 5.65. The number of ether oxygens (including phenoxy) is 4. The molecule has 0 amide bonds. The Labute approximate surface area is 186 Å². The number of benzene rings is 1. The van der Waals surface area contributed by atoms with Crippen molar-refractivity contribution in [2.75, 3.05) is 20.3 Å². The Morgan fingerprint density at radius 3 is 2.81 bits per heavy atom. The molecule has 31 heavy (non-hydrogen) atoms. The Bertz CT molecular complexity index is 1010. The number of nitrogens with zero attached hydrogens (tertiary/aromatic N) is 2. The van der Waals surface area contributed by atoms with Gasteiger partial charge in [0.1, 0.15) is 12.1 Å². The molecule has 9 heteroatoms. The minimum atomic E-state index is -0.755. The van der Waals surface area contributed by atoms with Gasteiger partial charge in [0, 0.05) is 18.5 Å². The van der Waals surface area contributed by atoms with Crippen LogP contribution in [0, 0.1) is 0 Å². The van der Waals surface area contributed by atoms with Crippen LogP contribution in [0.3, 0.4) is 0 Å². The van der Waals surface area contributed by atoms with Crippen LogP contribution in [0.15, 0.2) is 42.4 Å². The number of allylic oxidation sites excluding steroid dienone is 1. The number of nitrogens with two attached hydrogens (primary N) is 1. The molecule has 0 fully saturated rings. The standard InChI is InChI=1S/C22H26ClN3O5/c1-4-29-20(27)6-5-9-30-18-11-16-15(10-17(18)28-3)21(26-13-25-16)31-14-7-8-19(24)22(2,23)12-14/h7-8,10-13,19H,4-6,9,24H2,1-3H3. The Morgan fingerprint density at radius 2 is 2.10 bits per heavy atom. The minimum Gasteiger partial charge on any atom is -0.493 e. The van der Waals surface area contributed by atoms with E-state index in [0.717, 1.165) is 0 Å². The molecule has 1 heterocycles. The van der Waals surface area contributed by atoms with Gasteiger partial charge in [-0.1, -0.05) is 6.08 Å². The number of esters is 1. The van der Waals surface area contributed by atoms with Crippen molar-refractivity contribution in [2.24, 2.45) is 5.73 Å². The monoisotopic (exact) mass is 447 g/mol. The molecule has 2 N–H and O–H groups in total. The van der Waals surface area contributed by atoms with Crippen molar-refractivity contribution in [3.05, 3.63) is 42.4 Å². The highest BCUT2D eigenvalue weighted by Gasteiger charge is 2.29. The molecule has 8 nitrogen and oxygen atoms in total. The number of alkyl halides is 1. The quantitative estimate of drug-likeness (QED) is 0.353. The largest absolute Gasteiger partial charge is 0.493 e. The predicted molar refractivity (Wildman–Crippen MR) is 118 cm³/mol. The molecular formula is C22H26ClN3O5. The summed E-state index contributed by atoms with van der Waals surface area (Å²) in [5.74, 6) is 1.67. The van der Waals surface area contributed by atoms with Gasteiger partial charge >= 0.3 is 5.97 Å². The second-order valence-corrected chi connectivity index (χ2v) is 7.96. The van der Waals surface area contributed by atoms with Crippen LogP contribution in [-0.2, 0) is 9.53 Å². The molecule has 1 aromatic heterocycles. The summed E-state index contributed by atoms with van der Waals surface area (Å²) in [6, 6.07) is 3.19. The van der Waals surface area contributed by atoms with E-state index in [2.05, 4.69) is 9.97 Å². The molecule has 0 aliphatic heterocycles. The van der Waals surface area contributed by atoms with Gasteiger partial charge in [0.2, 0.25) is 5.88 Å². The maximum atomic E-state index is 11.5. The van der Waals surface area contributed by atoms with Crippen LogP contribution < -0.4 is 19.9 Å². The average Bonchev–Trinajstić information content (AvgIpc) is 2.73. The summed E-state index contributed by atoms with van der Waals surface area (Å²) < 4.78 is 22.2. The van der Waals surface area contributed by atoms with Crippen LogP contribution in [0.4, 0.5) is 0 Å². The number of hydrogen-bond donors (Lipinski definition) is 1. The lowest BCUT2D eigenvalue weighted by atomic mass is 9.96. The summed E-state index contributed by atoms with van der Waals surface area (Å²) >= 11 is 6.44. The first-order valence-corrected chi connectivity index (χ1v) is 10.4. The van der Waals surface area contributed by atoms with E-state index in [1.807, 2.05) is 6.92 Å². The van der Waals surface area contributed by atoms with E-state index in [1.54, 1.807) is 44.4 Å². The van der Waals surface area contributed by atoms with E-state index in [0.29, 0.717) is 53.7 Å². The zero-order valence-electron chi connectivity index (χ0n) is 17.8. The van der Waals surface area contributed by atoms with Gasteiger partial charge in [0.25, 0.3) is 0 Å². The Hall–Kier alpha value is -2.84. The smallest absolute Gasteiger partial charge is 0.305 e. The van der Waals surface area contributed by atoms with Gasteiger partial charge < -0.3 is 24.7 Å². The Kier molecular flexibility index (Phi) is 7.35. The molecule has 1 aliphatic rings. The van der Waals surface area contributed by atoms with Gasteiger partial charge in [0.15, 0.2) is 11.5 Å². The normalized spacial score (nSPS) is 20.3. The summed E-state index contributed by atoms with van der Waals surface area (Å²) in [6.07, 6.45) is 7.53. The van der Waals surface area contributed by atoms with Crippen LogP contribution in [-0.4, -0.2) is 47.2 Å². The highest BCUT2D eigenvalue weighted by molar-refractivity contribution is 6.25. The molecule has 0 saturated heterocycles. The first kappa shape index (κ1) is 22.8. The fraction of sp³-hybridized carbons (Fsp3) is 0.409. The second kappa shape index (κ2) is 9.98. The van der Waals surface area contributed by atoms with E-state index in [9.17, 15) is 4.79 Å². The molecular weight excluding hydrogens is 422 g/mol. The summed E-state index contributed by atoms with van der Waals surface area (Å²) in [6.45, 7) is 4.30. The highest BCUT2D eigenvalue weighted by atomic mass is 35.5. The third-order valence-electron chi connectivity index (χ3n) is 4.73. The van der Waals surface area contributed by atoms with Crippen molar-refractivity contribution in [3.8, 4) is 17.4 Å². The van der Waals surface area contributed by atoms with E-state index < -0.39 is 4.87 Å². The second-order valence-electron chi connectivity index (χ2n) is 7.14. The number of carbonyl (C=O) groups is 1. The van der Waals surface area contributed by atoms with Gasteiger partial charge in [-0.05, 0) is 38.5 Å². The minimum absolute atomic E-state index is 0.244. The van der Waals surface area contributed by atoms with Crippen molar-refractivity contribution in [1.29, 1.82) is 0 Å². The van der Waals surface area contributed by atoms with E-state index in [4.69, 9.17) is 36.3 Å². The molecule has 2 aromatic rings. The summed E-state index contributed by atoms with van der Waals surface area (Å²) in [5.41, 5.74) is 6.62. The maximum Gasteiger partial charge on any atom is 0.305 e. The third-order valence-corrected chi connectivity index (χ3v) is 5.09. The molecule has 2 unspecified atom stereocenters. The molecule has 0 radical (unpaired) electrons. The molecule has 166 valence electrons. The molecule has 1 aliphatic carbocycles. The van der Waals surface area contributed by atoms with Gasteiger partial charge in [-0.15, -0.1) is 11.6 Å². The van der Waals surface area contributed by atoms with Crippen LogP contribution >= 0.6 is 11.6 Å². The fourth-order valence-corrected chi connectivity index (χ4v) is 3.19. The zero-order chi connectivity index (χ0) is 22.4. The van der Waals surface area contributed by atoms with Gasteiger partial charge in [-0.25, -0.2) is 9.97 Å². The SMILES string of the molecule is CCOC(=O)CCCOc1cc2ncnc(OC3=CC(C)(Cl)C(N)C=C3)c2cc1OC. The van der Waals surface area contributed by atoms with E-state index >= 15 is 0 Å². The first-order chi connectivity index (χ1) is 14.8. The van der Waals surface area contributed by atoms with Crippen LogP contribution in [0.1, 0.15) is 26.7 Å². The molecule has 2 atom stereocenters. The lowest BCUT2D eigenvalue weighted by Gasteiger charge is -2.27. The number of halogens is 1. The predicted octanol–water partition coefficient (Wildman–Crippen LogP) is 3.52. The molecule has 1 aromatic carbocycles. The molecule has 0 saturated carbocycles. The average molecular weight is 448 g/mol. The lowest BCUT2D eigenvalue weighted by molar-refractivity contribution is -0.143. The van der Waals surface area contributed by atoms with E-state index in [-0.39, 0.29) is 18.4 Å². The zero-order valence-corrected chi connectivity index (χ0v) is 18.5. The van der Waals surface area contributed by atoms with Crippen LogP contribution in [0.5, 0.6) is 17.4 Å². The van der Waals surface area contributed by atoms with Gasteiger partial charge in [-0.2, -0.15) is 0 Å². The van der Waals surface area contributed by atoms with Crippen LogP contribution in [0.25, 0.3) is 10.9 Å². The van der Waals surface area contributed by atoms with E-state index in [1.165, 1.54) is 6.33 Å². The Morgan fingerprint density at radius 1 is 1.29 bits per heavy atom. The summed E-state index contributed by atoms with van der Waals surface area (Å²) in [5, 5.41) is 0.652. The van der Waals surface area contributed by atoms with Crippen molar-refractivity contribution in [2.45, 2.75) is 37.6 Å². The number of carbonyl (C=O) groups excluding carboxylic acids is 1. The van der Waals surface area contributed by atoms with Crippen molar-refractivity contribution in [3.63, 3.8) is 0 Å². The van der Waals surface area contributed by atoms with Gasteiger partial charge in [-0.3, -0.25) is 4.79 Å². The number of methoxy groups -OCH3 is 1. The molecule has 0 bridgehead atoms. The lowest BCUT2D eigenvalue weighted by Crippen LogP contribution is -2.40. The van der Waals surface area contributed by atoms with Crippen molar-refractivity contribution in [1.82, 2.24) is 9.97 Å². The summed E-state index contributed by atoms with van der Waals surface area (Å²) in [7, 11) is 1.55. The van der Waals surface area contributed by atoms with Crippen LogP contribution in [0.2, 0.25) is 0 Å². The first-order valence-electron chi connectivity index (χ1n) is 9.98. The number of rotatable bonds is 9. The Balaban J connectivity index is 1.78.